The van der Waals surface area contributed by atoms with Gasteiger partial charge in [-0.05, 0) is 0 Å². The predicted molar refractivity (Wildman–Crippen MR) is 38.3 cm³/mol. The maximum absolute atomic E-state index is 5.20. The van der Waals surface area contributed by atoms with Gasteiger partial charge in [0.1, 0.15) is 13.2 Å². The van der Waals surface area contributed by atoms with Crippen LogP contribution in [0.4, 0.5) is 0 Å². The Kier molecular flexibility index (Phi) is 2.35. The lowest BCUT2D eigenvalue weighted by atomic mass is 10.3. The van der Waals surface area contributed by atoms with Crippen molar-refractivity contribution in [3.05, 3.63) is 12.3 Å². The third-order valence-electron chi connectivity index (χ3n) is 1.33. The molecule has 1 saturated heterocycles. The third-order valence-corrected chi connectivity index (χ3v) is 1.33. The van der Waals surface area contributed by atoms with E-state index in [1.165, 1.54) is 0 Å². The van der Waals surface area contributed by atoms with Gasteiger partial charge >= 0.3 is 0 Å². The van der Waals surface area contributed by atoms with Crippen LogP contribution in [0, 0.1) is 12.3 Å². The molecule has 1 rings (SSSR count). The van der Waals surface area contributed by atoms with E-state index >= 15 is 0 Å². The second-order valence-corrected chi connectivity index (χ2v) is 2.19. The predicted octanol–water partition coefficient (Wildman–Crippen LogP) is 0.939. The van der Waals surface area contributed by atoms with Crippen LogP contribution in [-0.4, -0.2) is 19.3 Å². The first-order valence-corrected chi connectivity index (χ1v) is 3.18. The summed E-state index contributed by atoms with van der Waals surface area (Å²) in [4.78, 5) is 0. The van der Waals surface area contributed by atoms with Crippen LogP contribution in [0.3, 0.4) is 0 Å². The molecule has 0 aromatic carbocycles. The first-order chi connectivity index (χ1) is 4.83. The SMILES string of the molecule is C#CCOC1COC(=C)C1. The molecule has 1 atom stereocenters. The highest BCUT2D eigenvalue weighted by molar-refractivity contribution is 4.93. The second kappa shape index (κ2) is 3.28. The van der Waals surface area contributed by atoms with Gasteiger partial charge in [0, 0.05) is 6.42 Å². The summed E-state index contributed by atoms with van der Waals surface area (Å²) < 4.78 is 10.3. The Morgan fingerprint density at radius 1 is 1.90 bits per heavy atom. The Morgan fingerprint density at radius 3 is 3.20 bits per heavy atom. The van der Waals surface area contributed by atoms with Crippen molar-refractivity contribution in [1.82, 2.24) is 0 Å². The van der Waals surface area contributed by atoms with Gasteiger partial charge in [0.25, 0.3) is 0 Å². The fourth-order valence-corrected chi connectivity index (χ4v) is 0.856. The van der Waals surface area contributed by atoms with Gasteiger partial charge in [0.05, 0.1) is 11.9 Å². The summed E-state index contributed by atoms with van der Waals surface area (Å²) in [5.41, 5.74) is 0. The normalized spacial score (nSPS) is 23.9. The van der Waals surface area contributed by atoms with E-state index in [0.717, 1.165) is 12.2 Å². The molecule has 0 N–H and O–H groups in total. The number of ether oxygens (including phenoxy) is 2. The largest absolute Gasteiger partial charge is 0.496 e. The van der Waals surface area contributed by atoms with Crippen LogP contribution in [0.2, 0.25) is 0 Å². The van der Waals surface area contributed by atoms with Crippen molar-refractivity contribution in [3.8, 4) is 12.3 Å². The summed E-state index contributed by atoms with van der Waals surface area (Å²) in [6.45, 7) is 4.62. The fraction of sp³-hybridized carbons (Fsp3) is 0.500. The van der Waals surface area contributed by atoms with Gasteiger partial charge < -0.3 is 9.47 Å². The molecule has 1 aliphatic heterocycles. The van der Waals surface area contributed by atoms with Crippen molar-refractivity contribution in [2.45, 2.75) is 12.5 Å². The molecule has 2 nitrogen and oxygen atoms in total. The van der Waals surface area contributed by atoms with Crippen molar-refractivity contribution < 1.29 is 9.47 Å². The van der Waals surface area contributed by atoms with Crippen LogP contribution in [0.1, 0.15) is 6.42 Å². The topological polar surface area (TPSA) is 18.5 Å². The molecule has 0 amide bonds. The van der Waals surface area contributed by atoms with Crippen LogP contribution in [0.5, 0.6) is 0 Å². The van der Waals surface area contributed by atoms with E-state index in [1.54, 1.807) is 0 Å². The van der Waals surface area contributed by atoms with Crippen molar-refractivity contribution in [2.75, 3.05) is 13.2 Å². The maximum atomic E-state index is 5.20. The molecule has 2 heteroatoms. The third kappa shape index (κ3) is 1.78. The van der Waals surface area contributed by atoms with Gasteiger partial charge in [-0.2, -0.15) is 0 Å². The first kappa shape index (κ1) is 7.17. The summed E-state index contributed by atoms with van der Waals surface area (Å²) in [5, 5.41) is 0. The van der Waals surface area contributed by atoms with Crippen molar-refractivity contribution in [2.24, 2.45) is 0 Å². The Balaban J connectivity index is 2.20. The molecular weight excluding hydrogens is 128 g/mol. The molecule has 0 bridgehead atoms. The second-order valence-electron chi connectivity index (χ2n) is 2.19. The molecule has 0 aromatic rings. The number of rotatable bonds is 2. The molecular formula is C8H10O2. The molecule has 1 unspecified atom stereocenters. The van der Waals surface area contributed by atoms with Crippen LogP contribution in [-0.2, 0) is 9.47 Å². The van der Waals surface area contributed by atoms with E-state index in [2.05, 4.69) is 12.5 Å². The van der Waals surface area contributed by atoms with E-state index in [9.17, 15) is 0 Å². The summed E-state index contributed by atoms with van der Waals surface area (Å²) in [7, 11) is 0. The summed E-state index contributed by atoms with van der Waals surface area (Å²) in [6, 6.07) is 0. The fourth-order valence-electron chi connectivity index (χ4n) is 0.856. The minimum atomic E-state index is 0.128. The minimum absolute atomic E-state index is 0.128. The zero-order valence-corrected chi connectivity index (χ0v) is 5.80. The lowest BCUT2D eigenvalue weighted by Gasteiger charge is -2.03. The number of terminal acetylenes is 1. The van der Waals surface area contributed by atoms with E-state index < -0.39 is 0 Å². The highest BCUT2D eigenvalue weighted by atomic mass is 16.5. The van der Waals surface area contributed by atoms with Crippen molar-refractivity contribution >= 4 is 0 Å². The first-order valence-electron chi connectivity index (χ1n) is 3.18. The van der Waals surface area contributed by atoms with Gasteiger partial charge in [0.15, 0.2) is 0 Å². The van der Waals surface area contributed by atoms with Crippen molar-refractivity contribution in [3.63, 3.8) is 0 Å². The van der Waals surface area contributed by atoms with E-state index in [0.29, 0.717) is 13.2 Å². The van der Waals surface area contributed by atoms with Crippen LogP contribution < -0.4 is 0 Å². The Hall–Kier alpha value is -0.940. The Bertz CT molecular complexity index is 167. The molecule has 0 aliphatic carbocycles. The lowest BCUT2D eigenvalue weighted by Crippen LogP contribution is -2.11. The zero-order chi connectivity index (χ0) is 7.40. The molecule has 10 heavy (non-hydrogen) atoms. The van der Waals surface area contributed by atoms with Crippen LogP contribution in [0.15, 0.2) is 12.3 Å². The average molecular weight is 138 g/mol. The molecule has 0 saturated carbocycles. The summed E-state index contributed by atoms with van der Waals surface area (Å²) >= 11 is 0. The van der Waals surface area contributed by atoms with Gasteiger partial charge in [-0.25, -0.2) is 0 Å². The molecule has 1 aliphatic rings. The Labute approximate surface area is 60.8 Å². The minimum Gasteiger partial charge on any atom is -0.496 e. The molecule has 54 valence electrons. The molecule has 0 radical (unpaired) electrons. The van der Waals surface area contributed by atoms with Gasteiger partial charge in [-0.3, -0.25) is 0 Å². The highest BCUT2D eigenvalue weighted by Crippen LogP contribution is 2.16. The average Bonchev–Trinajstić information content (AvgIpc) is 2.31. The van der Waals surface area contributed by atoms with Gasteiger partial charge in [-0.15, -0.1) is 6.42 Å². The highest BCUT2D eigenvalue weighted by Gasteiger charge is 2.18. The van der Waals surface area contributed by atoms with E-state index in [1.807, 2.05) is 0 Å². The van der Waals surface area contributed by atoms with E-state index in [-0.39, 0.29) is 6.10 Å². The smallest absolute Gasteiger partial charge is 0.114 e. The molecule has 1 fully saturated rings. The standard InChI is InChI=1S/C8H10O2/c1-3-4-9-8-5-7(2)10-6-8/h1,8H,2,4-6H2. The number of hydrogen-bond donors (Lipinski definition) is 0. The molecule has 0 spiro atoms. The van der Waals surface area contributed by atoms with E-state index in [4.69, 9.17) is 15.9 Å². The quantitative estimate of drug-likeness (QED) is 0.529. The maximum Gasteiger partial charge on any atom is 0.114 e. The van der Waals surface area contributed by atoms with Gasteiger partial charge in [0.2, 0.25) is 0 Å². The Morgan fingerprint density at radius 2 is 2.70 bits per heavy atom. The molecule has 1 heterocycles. The van der Waals surface area contributed by atoms with Crippen LogP contribution >= 0.6 is 0 Å². The van der Waals surface area contributed by atoms with Crippen LogP contribution in [0.25, 0.3) is 0 Å². The zero-order valence-electron chi connectivity index (χ0n) is 5.80. The van der Waals surface area contributed by atoms with Crippen molar-refractivity contribution in [1.29, 1.82) is 0 Å². The monoisotopic (exact) mass is 138 g/mol. The molecule has 0 aromatic heterocycles. The summed E-state index contributed by atoms with van der Waals surface area (Å²) in [6.07, 6.45) is 5.91. The number of hydrogen-bond acceptors (Lipinski definition) is 2. The summed E-state index contributed by atoms with van der Waals surface area (Å²) in [5.74, 6) is 3.20. The van der Waals surface area contributed by atoms with Gasteiger partial charge in [-0.1, -0.05) is 12.5 Å². The lowest BCUT2D eigenvalue weighted by molar-refractivity contribution is 0.0661.